The lowest BCUT2D eigenvalue weighted by atomic mass is 9.98. The molecule has 0 radical (unpaired) electrons. The number of benzene rings is 2. The minimum absolute atomic E-state index is 0.0389. The molecule has 0 aliphatic rings. The maximum atomic E-state index is 5.52. The fraction of sp³-hybridized carbons (Fsp3) is 0.143. The van der Waals surface area contributed by atoms with Crippen LogP contribution in [0, 0.1) is 6.92 Å². The molecule has 1 heterocycles. The van der Waals surface area contributed by atoms with E-state index >= 15 is 0 Å². The summed E-state index contributed by atoms with van der Waals surface area (Å²) < 4.78 is 5.08. The van der Waals surface area contributed by atoms with Gasteiger partial charge in [0.2, 0.25) is 5.88 Å². The van der Waals surface area contributed by atoms with E-state index in [0.29, 0.717) is 11.0 Å². The van der Waals surface area contributed by atoms with Gasteiger partial charge in [0.15, 0.2) is 5.11 Å². The Labute approximate surface area is 159 Å². The fourth-order valence-electron chi connectivity index (χ4n) is 2.64. The second-order valence-electron chi connectivity index (χ2n) is 5.94. The summed E-state index contributed by atoms with van der Waals surface area (Å²) in [5.74, 6) is 0.566. The highest BCUT2D eigenvalue weighted by Crippen LogP contribution is 2.22. The first-order valence-corrected chi connectivity index (χ1v) is 8.75. The Bertz CT molecular complexity index is 849. The molecule has 1 unspecified atom stereocenters. The van der Waals surface area contributed by atoms with Crippen molar-refractivity contribution in [2.75, 3.05) is 12.4 Å². The summed E-state index contributed by atoms with van der Waals surface area (Å²) >= 11 is 5.52. The highest BCUT2D eigenvalue weighted by atomic mass is 32.1. The molecule has 0 fully saturated rings. The number of hydrogen-bond acceptors (Lipinski definition) is 3. The quantitative estimate of drug-likeness (QED) is 0.655. The number of methoxy groups -OCH3 is 1. The third kappa shape index (κ3) is 4.58. The molecule has 1 aromatic heterocycles. The third-order valence-electron chi connectivity index (χ3n) is 4.02. The van der Waals surface area contributed by atoms with E-state index < -0.39 is 0 Å². The zero-order chi connectivity index (χ0) is 18.4. The van der Waals surface area contributed by atoms with Gasteiger partial charge >= 0.3 is 0 Å². The summed E-state index contributed by atoms with van der Waals surface area (Å²) in [7, 11) is 1.59. The standard InChI is InChI=1S/C21H21N3OS/c1-15-8-10-17(11-9-15)20(16-6-4-3-5-7-16)24-21(26)23-18-12-13-19(25-2)22-14-18/h3-14,20H,1-2H3,(H2,23,24,26). The van der Waals surface area contributed by atoms with Crippen molar-refractivity contribution in [2.45, 2.75) is 13.0 Å². The zero-order valence-electron chi connectivity index (χ0n) is 14.8. The Morgan fingerprint density at radius 1 is 0.962 bits per heavy atom. The average molecular weight is 363 g/mol. The summed E-state index contributed by atoms with van der Waals surface area (Å²) in [6.45, 7) is 2.08. The molecule has 3 rings (SSSR count). The summed E-state index contributed by atoms with van der Waals surface area (Å²) in [5, 5.41) is 7.12. The third-order valence-corrected chi connectivity index (χ3v) is 4.24. The highest BCUT2D eigenvalue weighted by molar-refractivity contribution is 7.80. The van der Waals surface area contributed by atoms with Crippen LogP contribution in [-0.4, -0.2) is 17.2 Å². The lowest BCUT2D eigenvalue weighted by Gasteiger charge is -2.22. The van der Waals surface area contributed by atoms with Crippen molar-refractivity contribution in [1.29, 1.82) is 0 Å². The number of rotatable bonds is 5. The normalized spacial score (nSPS) is 11.5. The van der Waals surface area contributed by atoms with Crippen LogP contribution in [-0.2, 0) is 0 Å². The Kier molecular flexibility index (Phi) is 5.81. The summed E-state index contributed by atoms with van der Waals surface area (Å²) in [4.78, 5) is 4.18. The van der Waals surface area contributed by atoms with Gasteiger partial charge in [-0.25, -0.2) is 4.98 Å². The van der Waals surface area contributed by atoms with Gasteiger partial charge in [0.05, 0.1) is 25.0 Å². The van der Waals surface area contributed by atoms with Crippen LogP contribution >= 0.6 is 12.2 Å². The van der Waals surface area contributed by atoms with E-state index in [4.69, 9.17) is 17.0 Å². The lowest BCUT2D eigenvalue weighted by molar-refractivity contribution is 0.398. The average Bonchev–Trinajstić information content (AvgIpc) is 2.68. The molecule has 3 aromatic rings. The number of aryl methyl sites for hydroxylation is 1. The predicted molar refractivity (Wildman–Crippen MR) is 110 cm³/mol. The number of nitrogens with one attached hydrogen (secondary N) is 2. The van der Waals surface area contributed by atoms with Gasteiger partial charge in [-0.15, -0.1) is 0 Å². The Balaban J connectivity index is 1.78. The molecular weight excluding hydrogens is 342 g/mol. The highest BCUT2D eigenvalue weighted by Gasteiger charge is 2.15. The number of thiocarbonyl (C=S) groups is 1. The Hall–Kier alpha value is -2.92. The number of nitrogens with zero attached hydrogens (tertiary/aromatic N) is 1. The molecule has 0 bridgehead atoms. The number of anilines is 1. The van der Waals surface area contributed by atoms with Gasteiger partial charge in [-0.2, -0.15) is 0 Å². The van der Waals surface area contributed by atoms with E-state index in [9.17, 15) is 0 Å². The molecule has 0 amide bonds. The van der Waals surface area contributed by atoms with Crippen LogP contribution in [0.25, 0.3) is 0 Å². The maximum Gasteiger partial charge on any atom is 0.213 e. The predicted octanol–water partition coefficient (Wildman–Crippen LogP) is 4.47. The number of aromatic nitrogens is 1. The smallest absolute Gasteiger partial charge is 0.213 e. The molecule has 1 atom stereocenters. The summed E-state index contributed by atoms with van der Waals surface area (Å²) in [6.07, 6.45) is 1.69. The van der Waals surface area contributed by atoms with Gasteiger partial charge in [-0.05, 0) is 36.3 Å². The van der Waals surface area contributed by atoms with Gasteiger partial charge in [0.1, 0.15) is 0 Å². The van der Waals surface area contributed by atoms with Crippen LogP contribution in [0.5, 0.6) is 5.88 Å². The summed E-state index contributed by atoms with van der Waals surface area (Å²) in [6, 6.07) is 22.3. The van der Waals surface area contributed by atoms with Gasteiger partial charge < -0.3 is 15.4 Å². The van der Waals surface area contributed by atoms with Crippen molar-refractivity contribution in [2.24, 2.45) is 0 Å². The molecule has 0 aliphatic heterocycles. The van der Waals surface area contributed by atoms with E-state index in [1.54, 1.807) is 19.4 Å². The second kappa shape index (κ2) is 8.45. The lowest BCUT2D eigenvalue weighted by Crippen LogP contribution is -2.33. The molecule has 0 aliphatic carbocycles. The maximum absolute atomic E-state index is 5.52. The van der Waals surface area contributed by atoms with Crippen molar-refractivity contribution in [3.05, 3.63) is 89.6 Å². The van der Waals surface area contributed by atoms with Crippen molar-refractivity contribution >= 4 is 23.0 Å². The first kappa shape index (κ1) is 17.9. The monoisotopic (exact) mass is 363 g/mol. The molecule has 132 valence electrons. The fourth-order valence-corrected chi connectivity index (χ4v) is 2.87. The van der Waals surface area contributed by atoms with Crippen molar-refractivity contribution < 1.29 is 4.74 Å². The van der Waals surface area contributed by atoms with Gasteiger partial charge in [-0.3, -0.25) is 0 Å². The van der Waals surface area contributed by atoms with Gasteiger partial charge in [0.25, 0.3) is 0 Å². The van der Waals surface area contributed by atoms with Crippen molar-refractivity contribution in [1.82, 2.24) is 10.3 Å². The molecule has 26 heavy (non-hydrogen) atoms. The minimum Gasteiger partial charge on any atom is -0.481 e. The van der Waals surface area contributed by atoms with Crippen LogP contribution in [0.3, 0.4) is 0 Å². The second-order valence-corrected chi connectivity index (χ2v) is 6.35. The molecule has 0 saturated carbocycles. The van der Waals surface area contributed by atoms with Crippen LogP contribution in [0.2, 0.25) is 0 Å². The first-order chi connectivity index (χ1) is 12.7. The molecule has 2 aromatic carbocycles. The molecule has 0 spiro atoms. The first-order valence-electron chi connectivity index (χ1n) is 8.35. The molecule has 2 N–H and O–H groups in total. The van der Waals surface area contributed by atoms with E-state index in [1.807, 2.05) is 24.3 Å². The van der Waals surface area contributed by atoms with Crippen molar-refractivity contribution in [3.8, 4) is 5.88 Å². The van der Waals surface area contributed by atoms with E-state index in [-0.39, 0.29) is 6.04 Å². The van der Waals surface area contributed by atoms with Crippen LogP contribution < -0.4 is 15.4 Å². The van der Waals surface area contributed by atoms with Crippen LogP contribution in [0.4, 0.5) is 5.69 Å². The molecule has 5 heteroatoms. The number of ether oxygens (including phenoxy) is 1. The van der Waals surface area contributed by atoms with Crippen LogP contribution in [0.15, 0.2) is 72.9 Å². The SMILES string of the molecule is COc1ccc(NC(=S)NC(c2ccccc2)c2ccc(C)cc2)cn1. The molecule has 0 saturated heterocycles. The summed E-state index contributed by atoms with van der Waals surface area (Å²) in [5.41, 5.74) is 4.33. The van der Waals surface area contributed by atoms with Gasteiger partial charge in [0, 0.05) is 6.07 Å². The number of pyridine rings is 1. The van der Waals surface area contributed by atoms with E-state index in [0.717, 1.165) is 16.8 Å². The topological polar surface area (TPSA) is 46.2 Å². The number of hydrogen-bond donors (Lipinski definition) is 2. The van der Waals surface area contributed by atoms with E-state index in [1.165, 1.54) is 5.56 Å². The Morgan fingerprint density at radius 2 is 1.65 bits per heavy atom. The zero-order valence-corrected chi connectivity index (χ0v) is 15.6. The van der Waals surface area contributed by atoms with Gasteiger partial charge in [-0.1, -0.05) is 60.2 Å². The largest absolute Gasteiger partial charge is 0.481 e. The molecular formula is C21H21N3OS. The van der Waals surface area contributed by atoms with Crippen LogP contribution in [0.1, 0.15) is 22.7 Å². The van der Waals surface area contributed by atoms with Crippen molar-refractivity contribution in [3.63, 3.8) is 0 Å². The minimum atomic E-state index is -0.0389. The molecule has 4 nitrogen and oxygen atoms in total. The van der Waals surface area contributed by atoms with E-state index in [2.05, 4.69) is 58.9 Å². The Morgan fingerprint density at radius 3 is 2.27 bits per heavy atom.